The summed E-state index contributed by atoms with van der Waals surface area (Å²) in [5.41, 5.74) is 2.27. The molecule has 0 aliphatic rings. The molecular weight excluding hydrogens is 378 g/mol. The zero-order valence-electron chi connectivity index (χ0n) is 16.5. The quantitative estimate of drug-likeness (QED) is 0.414. The molecule has 0 spiro atoms. The summed E-state index contributed by atoms with van der Waals surface area (Å²) in [6.07, 6.45) is 2.06. The van der Waals surface area contributed by atoms with E-state index in [1.807, 2.05) is 49.4 Å². The smallest absolute Gasteiger partial charge is 0.232 e. The van der Waals surface area contributed by atoms with Crippen LogP contribution in [0.1, 0.15) is 35.2 Å². The van der Waals surface area contributed by atoms with Crippen LogP contribution in [-0.2, 0) is 10.8 Å². The molecule has 4 rings (SSSR count). The van der Waals surface area contributed by atoms with Gasteiger partial charge in [-0.05, 0) is 53.4 Å². The summed E-state index contributed by atoms with van der Waals surface area (Å²) < 4.78 is 14.6. The van der Waals surface area contributed by atoms with Crippen molar-refractivity contribution in [2.24, 2.45) is 0 Å². The fourth-order valence-corrected chi connectivity index (χ4v) is 4.82. The van der Waals surface area contributed by atoms with Gasteiger partial charge in [0.05, 0.1) is 0 Å². The van der Waals surface area contributed by atoms with Gasteiger partial charge in [-0.1, -0.05) is 67.1 Å². The van der Waals surface area contributed by atoms with Crippen LogP contribution in [0.4, 0.5) is 0 Å². The molecule has 0 bridgehead atoms. The van der Waals surface area contributed by atoms with Crippen LogP contribution in [0.25, 0.3) is 10.8 Å². The third-order valence-electron chi connectivity index (χ3n) is 5.24. The molecule has 2 atom stereocenters. The van der Waals surface area contributed by atoms with Crippen molar-refractivity contribution in [3.8, 4) is 0 Å². The molecule has 0 aliphatic carbocycles. The minimum Gasteiger partial charge on any atom is -0.279 e. The Balaban J connectivity index is 1.59. The number of carbonyl (C=O) groups is 1. The predicted octanol–water partition coefficient (Wildman–Crippen LogP) is 5.95. The van der Waals surface area contributed by atoms with Gasteiger partial charge < -0.3 is 0 Å². The van der Waals surface area contributed by atoms with Gasteiger partial charge in [0.25, 0.3) is 0 Å². The zero-order chi connectivity index (χ0) is 20.4. The summed E-state index contributed by atoms with van der Waals surface area (Å²) in [5.74, 6) is 0.00237. The second kappa shape index (κ2) is 8.18. The number of nitrogens with zero attached hydrogens (tertiary/aromatic N) is 1. The number of benzene rings is 3. The molecule has 0 N–H and O–H groups in total. The number of carbonyl (C=O) groups excluding carboxylic acids is 1. The van der Waals surface area contributed by atoms with Crippen molar-refractivity contribution in [2.45, 2.75) is 36.1 Å². The Kier molecular flexibility index (Phi) is 5.45. The van der Waals surface area contributed by atoms with Crippen LogP contribution in [0.5, 0.6) is 0 Å². The second-order valence-corrected chi connectivity index (χ2v) is 8.79. The van der Waals surface area contributed by atoms with Gasteiger partial charge in [-0.3, -0.25) is 9.36 Å². The van der Waals surface area contributed by atoms with Crippen LogP contribution in [0.3, 0.4) is 0 Å². The highest BCUT2D eigenvalue weighted by atomic mass is 32.2. The maximum atomic E-state index is 13.1. The van der Waals surface area contributed by atoms with Gasteiger partial charge >= 0.3 is 0 Å². The molecule has 0 radical (unpaired) electrons. The zero-order valence-corrected chi connectivity index (χ0v) is 17.4. The average Bonchev–Trinajstić information content (AvgIpc) is 3.23. The van der Waals surface area contributed by atoms with E-state index >= 15 is 0 Å². The number of hydrogen-bond donors (Lipinski definition) is 0. The van der Waals surface area contributed by atoms with Crippen LogP contribution in [0, 0.1) is 6.92 Å². The first kappa shape index (κ1) is 19.3. The van der Waals surface area contributed by atoms with Gasteiger partial charge in [0.2, 0.25) is 5.91 Å². The standard InChI is InChI=1S/C25H23NO2S/c1-18-12-14-21(15-13-18)29(28)25-11-6-16-26(25)24(27)17-19(2)22-10-5-8-20-7-3-4-9-23(20)22/h3-16,19H,17H2,1-2H3/t19-,29?/m0/s1. The van der Waals surface area contributed by atoms with E-state index in [1.54, 1.807) is 18.3 Å². The van der Waals surface area contributed by atoms with Crippen molar-refractivity contribution in [3.63, 3.8) is 0 Å². The van der Waals surface area contributed by atoms with Gasteiger partial charge in [0.15, 0.2) is 0 Å². The van der Waals surface area contributed by atoms with Crippen molar-refractivity contribution in [3.05, 3.63) is 96.2 Å². The summed E-state index contributed by atoms with van der Waals surface area (Å²) in [5, 5.41) is 2.86. The van der Waals surface area contributed by atoms with Crippen molar-refractivity contribution >= 4 is 27.5 Å². The summed E-state index contributed by atoms with van der Waals surface area (Å²) in [4.78, 5) is 13.8. The third kappa shape index (κ3) is 3.94. The lowest BCUT2D eigenvalue weighted by Gasteiger charge is -2.15. The molecule has 1 heterocycles. The molecule has 3 nitrogen and oxygen atoms in total. The van der Waals surface area contributed by atoms with E-state index in [2.05, 4.69) is 31.2 Å². The van der Waals surface area contributed by atoms with Crippen LogP contribution >= 0.6 is 0 Å². The number of fused-ring (bicyclic) bond motifs is 1. The van der Waals surface area contributed by atoms with Gasteiger partial charge in [0, 0.05) is 17.5 Å². The van der Waals surface area contributed by atoms with Crippen molar-refractivity contribution in [1.29, 1.82) is 0 Å². The SMILES string of the molecule is Cc1ccc(S(=O)c2cccn2C(=O)C[C@H](C)c2cccc3ccccc23)cc1. The molecule has 1 unspecified atom stereocenters. The van der Waals surface area contributed by atoms with E-state index in [4.69, 9.17) is 0 Å². The minimum atomic E-state index is -1.40. The Labute approximate surface area is 173 Å². The van der Waals surface area contributed by atoms with Gasteiger partial charge in [0.1, 0.15) is 15.8 Å². The summed E-state index contributed by atoms with van der Waals surface area (Å²) in [6.45, 7) is 4.06. The molecule has 146 valence electrons. The molecule has 4 aromatic rings. The predicted molar refractivity (Wildman–Crippen MR) is 118 cm³/mol. The number of aryl methyl sites for hydroxylation is 1. The van der Waals surface area contributed by atoms with E-state index in [9.17, 15) is 9.00 Å². The second-order valence-electron chi connectivity index (χ2n) is 7.37. The molecule has 3 aromatic carbocycles. The Morgan fingerprint density at radius 2 is 1.66 bits per heavy atom. The number of aromatic nitrogens is 1. The third-order valence-corrected chi connectivity index (χ3v) is 6.65. The lowest BCUT2D eigenvalue weighted by atomic mass is 9.92. The molecule has 0 saturated heterocycles. The van der Waals surface area contributed by atoms with Gasteiger partial charge in [-0.15, -0.1) is 0 Å². The van der Waals surface area contributed by atoms with Crippen LogP contribution in [-0.4, -0.2) is 14.7 Å². The largest absolute Gasteiger partial charge is 0.279 e. The lowest BCUT2D eigenvalue weighted by molar-refractivity contribution is 0.0885. The Morgan fingerprint density at radius 1 is 0.931 bits per heavy atom. The minimum absolute atomic E-state index is 0.0501. The highest BCUT2D eigenvalue weighted by Crippen LogP contribution is 2.28. The maximum absolute atomic E-state index is 13.1. The van der Waals surface area contributed by atoms with Crippen LogP contribution < -0.4 is 0 Å². The Bertz CT molecular complexity index is 1190. The molecule has 0 amide bonds. The normalized spacial score (nSPS) is 13.3. The van der Waals surface area contributed by atoms with E-state index in [-0.39, 0.29) is 11.8 Å². The van der Waals surface area contributed by atoms with E-state index in [1.165, 1.54) is 15.3 Å². The summed E-state index contributed by atoms with van der Waals surface area (Å²) in [6, 6.07) is 25.5. The van der Waals surface area contributed by atoms with E-state index in [0.717, 1.165) is 11.1 Å². The molecule has 0 fully saturated rings. The average molecular weight is 402 g/mol. The van der Waals surface area contributed by atoms with Crippen molar-refractivity contribution in [2.75, 3.05) is 0 Å². The lowest BCUT2D eigenvalue weighted by Crippen LogP contribution is -2.16. The van der Waals surface area contributed by atoms with Gasteiger partial charge in [-0.2, -0.15) is 0 Å². The Hall–Kier alpha value is -2.98. The van der Waals surface area contributed by atoms with Gasteiger partial charge in [-0.25, -0.2) is 4.21 Å². The van der Waals surface area contributed by atoms with Crippen molar-refractivity contribution in [1.82, 2.24) is 4.57 Å². The Morgan fingerprint density at radius 3 is 2.45 bits per heavy atom. The van der Waals surface area contributed by atoms with E-state index < -0.39 is 10.8 Å². The molecule has 0 saturated carbocycles. The highest BCUT2D eigenvalue weighted by molar-refractivity contribution is 7.85. The first-order valence-electron chi connectivity index (χ1n) is 9.71. The van der Waals surface area contributed by atoms with E-state index in [0.29, 0.717) is 16.3 Å². The molecule has 0 aliphatic heterocycles. The fraction of sp³-hybridized carbons (Fsp3) is 0.160. The first-order chi connectivity index (χ1) is 14.0. The molecule has 1 aromatic heterocycles. The highest BCUT2D eigenvalue weighted by Gasteiger charge is 2.19. The first-order valence-corrected chi connectivity index (χ1v) is 10.9. The maximum Gasteiger partial charge on any atom is 0.232 e. The number of hydrogen-bond acceptors (Lipinski definition) is 2. The molecule has 29 heavy (non-hydrogen) atoms. The number of rotatable bonds is 5. The van der Waals surface area contributed by atoms with Crippen molar-refractivity contribution < 1.29 is 9.00 Å². The van der Waals surface area contributed by atoms with Crippen LogP contribution in [0.2, 0.25) is 0 Å². The molecule has 4 heteroatoms. The monoisotopic (exact) mass is 401 g/mol. The molecular formula is C25H23NO2S. The summed E-state index contributed by atoms with van der Waals surface area (Å²) in [7, 11) is -1.40. The summed E-state index contributed by atoms with van der Waals surface area (Å²) >= 11 is 0. The fourth-order valence-electron chi connectivity index (χ4n) is 3.66. The topological polar surface area (TPSA) is 39.1 Å². The van der Waals surface area contributed by atoms with Crippen LogP contribution in [0.15, 0.2) is 95.0 Å².